The van der Waals surface area contributed by atoms with Crippen molar-refractivity contribution < 1.29 is 9.53 Å². The lowest BCUT2D eigenvalue weighted by Crippen LogP contribution is -2.45. The van der Waals surface area contributed by atoms with Crippen LogP contribution in [0.2, 0.25) is 0 Å². The van der Waals surface area contributed by atoms with Crippen molar-refractivity contribution in [3.8, 4) is 0 Å². The summed E-state index contributed by atoms with van der Waals surface area (Å²) in [6, 6.07) is 7.80. The maximum atomic E-state index is 12.1. The number of hydrogen-bond acceptors (Lipinski definition) is 5. The van der Waals surface area contributed by atoms with E-state index < -0.39 is 0 Å². The number of piperazine rings is 1. The number of carbonyl (C=O) groups is 1. The second-order valence-corrected chi connectivity index (χ2v) is 5.67. The van der Waals surface area contributed by atoms with Crippen LogP contribution in [0.15, 0.2) is 24.3 Å². The van der Waals surface area contributed by atoms with E-state index >= 15 is 0 Å². The van der Waals surface area contributed by atoms with Crippen LogP contribution in [0, 0.1) is 0 Å². The van der Waals surface area contributed by atoms with Crippen LogP contribution in [-0.4, -0.2) is 49.1 Å². The van der Waals surface area contributed by atoms with Gasteiger partial charge in [0.25, 0.3) is 0 Å². The van der Waals surface area contributed by atoms with Crippen LogP contribution < -0.4 is 4.90 Å². The Bertz CT molecular complexity index is 721. The SMILES string of the molecule is CN1CCN(c2nc3ccccc3c3c2COC3=O)CC1. The standard InChI is InChI=1S/C16H17N3O2/c1-18-6-8-19(9-7-18)15-12-10-21-16(20)14(12)11-4-2-3-5-13(11)17-15/h2-5H,6-10H2,1H3. The third-order valence-electron chi connectivity index (χ3n) is 4.33. The van der Waals surface area contributed by atoms with Crippen molar-refractivity contribution >= 4 is 22.7 Å². The number of ether oxygens (including phenoxy) is 1. The average molecular weight is 283 g/mol. The molecule has 0 unspecified atom stereocenters. The summed E-state index contributed by atoms with van der Waals surface area (Å²) in [4.78, 5) is 21.5. The van der Waals surface area contributed by atoms with Crippen molar-refractivity contribution in [3.63, 3.8) is 0 Å². The van der Waals surface area contributed by atoms with Gasteiger partial charge >= 0.3 is 5.97 Å². The third kappa shape index (κ3) is 1.96. The van der Waals surface area contributed by atoms with Crippen molar-refractivity contribution in [1.29, 1.82) is 0 Å². The van der Waals surface area contributed by atoms with E-state index in [1.54, 1.807) is 0 Å². The minimum absolute atomic E-state index is 0.223. The zero-order chi connectivity index (χ0) is 14.4. The van der Waals surface area contributed by atoms with Crippen LogP contribution in [0.1, 0.15) is 15.9 Å². The normalized spacial score (nSPS) is 18.9. The molecule has 0 atom stereocenters. The molecule has 1 aromatic heterocycles. The van der Waals surface area contributed by atoms with Crippen LogP contribution in [0.4, 0.5) is 5.82 Å². The molecule has 0 amide bonds. The minimum atomic E-state index is -0.223. The monoisotopic (exact) mass is 283 g/mol. The van der Waals surface area contributed by atoms with Crippen LogP contribution in [0.3, 0.4) is 0 Å². The average Bonchev–Trinajstić information content (AvgIpc) is 2.90. The maximum Gasteiger partial charge on any atom is 0.339 e. The molecule has 1 aromatic carbocycles. The van der Waals surface area contributed by atoms with E-state index in [-0.39, 0.29) is 5.97 Å². The first-order chi connectivity index (χ1) is 10.2. The number of esters is 1. The highest BCUT2D eigenvalue weighted by molar-refractivity contribution is 6.07. The summed E-state index contributed by atoms with van der Waals surface area (Å²) in [5, 5.41) is 0.896. The van der Waals surface area contributed by atoms with Gasteiger partial charge in [0.2, 0.25) is 0 Å². The number of carbonyl (C=O) groups excluding carboxylic acids is 1. The Balaban J connectivity index is 1.88. The maximum absolute atomic E-state index is 12.1. The number of aromatic nitrogens is 1. The Labute approximate surface area is 123 Å². The lowest BCUT2D eigenvalue weighted by atomic mass is 10.0. The molecule has 2 aliphatic heterocycles. The molecule has 0 aliphatic carbocycles. The van der Waals surface area contributed by atoms with Gasteiger partial charge in [-0.25, -0.2) is 9.78 Å². The van der Waals surface area contributed by atoms with E-state index in [1.807, 2.05) is 24.3 Å². The highest BCUT2D eigenvalue weighted by Gasteiger charge is 2.30. The highest BCUT2D eigenvalue weighted by Crippen LogP contribution is 2.34. The molecule has 0 radical (unpaired) electrons. The van der Waals surface area contributed by atoms with Crippen molar-refractivity contribution in [2.24, 2.45) is 0 Å². The molecule has 2 aliphatic rings. The first kappa shape index (κ1) is 12.6. The molecule has 0 bridgehead atoms. The Morgan fingerprint density at radius 1 is 1.14 bits per heavy atom. The van der Waals surface area contributed by atoms with Gasteiger partial charge in [-0.3, -0.25) is 0 Å². The zero-order valence-electron chi connectivity index (χ0n) is 12.0. The number of likely N-dealkylation sites (N-methyl/N-ethyl adjacent to an activating group) is 1. The first-order valence-corrected chi connectivity index (χ1v) is 7.26. The molecule has 3 heterocycles. The number of hydrogen-bond donors (Lipinski definition) is 0. The first-order valence-electron chi connectivity index (χ1n) is 7.26. The van der Waals surface area contributed by atoms with E-state index in [9.17, 15) is 4.79 Å². The number of para-hydroxylation sites is 1. The van der Waals surface area contributed by atoms with E-state index in [1.165, 1.54) is 0 Å². The smallest absolute Gasteiger partial charge is 0.339 e. The molecule has 1 saturated heterocycles. The van der Waals surface area contributed by atoms with Crippen LogP contribution in [0.25, 0.3) is 10.9 Å². The quantitative estimate of drug-likeness (QED) is 0.745. The Morgan fingerprint density at radius 2 is 1.90 bits per heavy atom. The Kier molecular flexibility index (Phi) is 2.82. The van der Waals surface area contributed by atoms with Gasteiger partial charge in [0.15, 0.2) is 0 Å². The van der Waals surface area contributed by atoms with Gasteiger partial charge < -0.3 is 14.5 Å². The topological polar surface area (TPSA) is 45.7 Å². The van der Waals surface area contributed by atoms with Gasteiger partial charge in [-0.15, -0.1) is 0 Å². The summed E-state index contributed by atoms with van der Waals surface area (Å²) in [5.41, 5.74) is 2.52. The number of nitrogens with zero attached hydrogens (tertiary/aromatic N) is 3. The fourth-order valence-electron chi connectivity index (χ4n) is 3.10. The second-order valence-electron chi connectivity index (χ2n) is 5.67. The molecular formula is C16H17N3O2. The van der Waals surface area contributed by atoms with Gasteiger partial charge in [0, 0.05) is 37.1 Å². The highest BCUT2D eigenvalue weighted by atomic mass is 16.5. The summed E-state index contributed by atoms with van der Waals surface area (Å²) >= 11 is 0. The van der Waals surface area contributed by atoms with Gasteiger partial charge in [-0.05, 0) is 13.1 Å². The Hall–Kier alpha value is -2.14. The second kappa shape index (κ2) is 4.70. The zero-order valence-corrected chi connectivity index (χ0v) is 12.0. The number of benzene rings is 1. The van der Waals surface area contributed by atoms with E-state index in [0.29, 0.717) is 12.2 Å². The molecule has 5 nitrogen and oxygen atoms in total. The molecule has 0 spiro atoms. The van der Waals surface area contributed by atoms with Crippen LogP contribution in [-0.2, 0) is 11.3 Å². The fraction of sp³-hybridized carbons (Fsp3) is 0.375. The largest absolute Gasteiger partial charge is 0.457 e. The lowest BCUT2D eigenvalue weighted by molar-refractivity contribution is 0.0536. The van der Waals surface area contributed by atoms with Crippen molar-refractivity contribution in [2.45, 2.75) is 6.61 Å². The molecule has 2 aromatic rings. The number of anilines is 1. The summed E-state index contributed by atoms with van der Waals surface area (Å²) in [5.74, 6) is 0.696. The molecule has 108 valence electrons. The fourth-order valence-corrected chi connectivity index (χ4v) is 3.10. The third-order valence-corrected chi connectivity index (χ3v) is 4.33. The van der Waals surface area contributed by atoms with E-state index in [2.05, 4.69) is 16.8 Å². The van der Waals surface area contributed by atoms with Crippen molar-refractivity contribution in [2.75, 3.05) is 38.1 Å². The molecule has 1 fully saturated rings. The summed E-state index contributed by atoms with van der Waals surface area (Å²) < 4.78 is 5.27. The van der Waals surface area contributed by atoms with E-state index in [0.717, 1.165) is 48.5 Å². The molecule has 5 heteroatoms. The summed E-state index contributed by atoms with van der Waals surface area (Å²) in [6.45, 7) is 4.23. The lowest BCUT2D eigenvalue weighted by Gasteiger charge is -2.34. The number of rotatable bonds is 1. The van der Waals surface area contributed by atoms with E-state index in [4.69, 9.17) is 9.72 Å². The van der Waals surface area contributed by atoms with Crippen LogP contribution in [0.5, 0.6) is 0 Å². The number of cyclic esters (lactones) is 1. The summed E-state index contributed by atoms with van der Waals surface area (Å²) in [6.07, 6.45) is 0. The van der Waals surface area contributed by atoms with Gasteiger partial charge in [0.05, 0.1) is 11.1 Å². The predicted molar refractivity (Wildman–Crippen MR) is 80.6 cm³/mol. The van der Waals surface area contributed by atoms with Crippen molar-refractivity contribution in [1.82, 2.24) is 9.88 Å². The minimum Gasteiger partial charge on any atom is -0.457 e. The van der Waals surface area contributed by atoms with Crippen LogP contribution >= 0.6 is 0 Å². The molecular weight excluding hydrogens is 266 g/mol. The van der Waals surface area contributed by atoms with Gasteiger partial charge in [-0.2, -0.15) is 0 Å². The molecule has 4 rings (SSSR count). The van der Waals surface area contributed by atoms with Gasteiger partial charge in [0.1, 0.15) is 12.4 Å². The number of fused-ring (bicyclic) bond motifs is 3. The predicted octanol–water partition coefficient (Wildman–Crippen LogP) is 1.66. The molecule has 0 N–H and O–H groups in total. The molecule has 21 heavy (non-hydrogen) atoms. The van der Waals surface area contributed by atoms with Crippen molar-refractivity contribution in [3.05, 3.63) is 35.4 Å². The molecule has 0 saturated carbocycles. The van der Waals surface area contributed by atoms with Gasteiger partial charge in [-0.1, -0.05) is 18.2 Å². The summed E-state index contributed by atoms with van der Waals surface area (Å²) in [7, 11) is 2.13. The Morgan fingerprint density at radius 3 is 2.71 bits per heavy atom. The number of pyridine rings is 1.